The number of urea groups is 1. The van der Waals surface area contributed by atoms with Crippen LogP contribution in [0.3, 0.4) is 0 Å². The molecule has 1 aromatic rings. The van der Waals surface area contributed by atoms with Crippen molar-refractivity contribution >= 4 is 6.03 Å². The summed E-state index contributed by atoms with van der Waals surface area (Å²) in [6, 6.07) is 10.7. The number of hydrogen-bond acceptors (Lipinski definition) is 1. The number of alkyl halides is 1. The predicted molar refractivity (Wildman–Crippen MR) is 92.6 cm³/mol. The highest BCUT2D eigenvalue weighted by molar-refractivity contribution is 5.74. The highest BCUT2D eigenvalue weighted by Gasteiger charge is 2.48. The summed E-state index contributed by atoms with van der Waals surface area (Å²) in [5.74, 6) is 2.20. The third kappa shape index (κ3) is 3.15. The Morgan fingerprint density at radius 3 is 2.79 bits per heavy atom. The number of likely N-dealkylation sites (tertiary alicyclic amines) is 1. The number of rotatable bonds is 3. The molecule has 2 amide bonds. The van der Waals surface area contributed by atoms with E-state index in [0.29, 0.717) is 43.1 Å². The predicted octanol–water partition coefficient (Wildman–Crippen LogP) is 3.96. The Morgan fingerprint density at radius 2 is 2.00 bits per heavy atom. The maximum atomic E-state index is 13.5. The molecule has 2 saturated carbocycles. The van der Waals surface area contributed by atoms with Gasteiger partial charge in [0.15, 0.2) is 0 Å². The number of fused-ring (bicyclic) bond motifs is 1. The second kappa shape index (κ2) is 6.73. The van der Waals surface area contributed by atoms with Crippen LogP contribution in [0, 0.1) is 17.8 Å². The maximum absolute atomic E-state index is 13.5. The van der Waals surface area contributed by atoms with E-state index in [1.165, 1.54) is 12.0 Å². The molecule has 0 radical (unpaired) electrons. The highest BCUT2D eigenvalue weighted by Crippen LogP contribution is 2.51. The van der Waals surface area contributed by atoms with Crippen molar-refractivity contribution in [1.29, 1.82) is 0 Å². The molecule has 24 heavy (non-hydrogen) atoms. The van der Waals surface area contributed by atoms with Gasteiger partial charge in [-0.15, -0.1) is 0 Å². The highest BCUT2D eigenvalue weighted by atomic mass is 19.1. The SMILES string of the molecule is O=C(NCC1CCCC(F)C1)N1C[C@@H]2C[C@@H](c3ccccc3)[C@@H]2C1. The normalized spacial score (nSPS) is 35.2. The first-order chi connectivity index (χ1) is 11.7. The van der Waals surface area contributed by atoms with Crippen molar-refractivity contribution in [3.05, 3.63) is 35.9 Å². The van der Waals surface area contributed by atoms with Crippen LogP contribution in [-0.4, -0.2) is 36.7 Å². The van der Waals surface area contributed by atoms with Crippen LogP contribution in [-0.2, 0) is 0 Å². The summed E-state index contributed by atoms with van der Waals surface area (Å²) in [5.41, 5.74) is 1.41. The van der Waals surface area contributed by atoms with Gasteiger partial charge in [-0.2, -0.15) is 0 Å². The van der Waals surface area contributed by atoms with E-state index in [1.807, 2.05) is 4.90 Å². The zero-order valence-corrected chi connectivity index (χ0v) is 14.2. The van der Waals surface area contributed by atoms with E-state index in [-0.39, 0.29) is 6.03 Å². The zero-order valence-electron chi connectivity index (χ0n) is 14.2. The Kier molecular flexibility index (Phi) is 4.47. The zero-order chi connectivity index (χ0) is 16.5. The molecule has 3 fully saturated rings. The van der Waals surface area contributed by atoms with E-state index < -0.39 is 6.17 Å². The number of amides is 2. The molecule has 0 bridgehead atoms. The quantitative estimate of drug-likeness (QED) is 0.894. The van der Waals surface area contributed by atoms with Gasteiger partial charge in [0.2, 0.25) is 0 Å². The van der Waals surface area contributed by atoms with Gasteiger partial charge < -0.3 is 10.2 Å². The topological polar surface area (TPSA) is 32.3 Å². The number of benzene rings is 1. The Hall–Kier alpha value is -1.58. The number of nitrogens with one attached hydrogen (secondary N) is 1. The number of halogens is 1. The lowest BCUT2D eigenvalue weighted by molar-refractivity contribution is 0.183. The average molecular weight is 330 g/mol. The van der Waals surface area contributed by atoms with E-state index in [1.54, 1.807) is 0 Å². The fourth-order valence-corrected chi connectivity index (χ4v) is 4.91. The van der Waals surface area contributed by atoms with Gasteiger partial charge in [-0.1, -0.05) is 36.8 Å². The smallest absolute Gasteiger partial charge is 0.317 e. The molecule has 130 valence electrons. The average Bonchev–Trinajstić information content (AvgIpc) is 2.91. The molecule has 1 N–H and O–H groups in total. The lowest BCUT2D eigenvalue weighted by atomic mass is 9.64. The number of nitrogens with zero attached hydrogens (tertiary/aromatic N) is 1. The first-order valence-corrected chi connectivity index (χ1v) is 9.42. The molecule has 2 unspecified atom stereocenters. The van der Waals surface area contributed by atoms with Gasteiger partial charge in [0.05, 0.1) is 0 Å². The first-order valence-electron chi connectivity index (χ1n) is 9.42. The van der Waals surface area contributed by atoms with Crippen LogP contribution in [0.15, 0.2) is 30.3 Å². The molecule has 0 spiro atoms. The number of carbonyl (C=O) groups excluding carboxylic acids is 1. The van der Waals surface area contributed by atoms with Crippen molar-refractivity contribution in [2.45, 2.75) is 44.2 Å². The van der Waals surface area contributed by atoms with E-state index in [0.717, 1.165) is 25.9 Å². The summed E-state index contributed by atoms with van der Waals surface area (Å²) in [4.78, 5) is 14.4. The summed E-state index contributed by atoms with van der Waals surface area (Å²) in [7, 11) is 0. The second-order valence-electron chi connectivity index (χ2n) is 7.90. The summed E-state index contributed by atoms with van der Waals surface area (Å²) in [6.45, 7) is 2.38. The summed E-state index contributed by atoms with van der Waals surface area (Å²) < 4.78 is 13.5. The van der Waals surface area contributed by atoms with Gasteiger partial charge in [0.25, 0.3) is 0 Å². The molecular weight excluding hydrogens is 303 g/mol. The van der Waals surface area contributed by atoms with Gasteiger partial charge >= 0.3 is 6.03 Å². The van der Waals surface area contributed by atoms with Crippen molar-refractivity contribution in [3.8, 4) is 0 Å². The fourth-order valence-electron chi connectivity index (χ4n) is 4.91. The molecule has 1 aromatic carbocycles. The molecule has 3 nitrogen and oxygen atoms in total. The van der Waals surface area contributed by atoms with Crippen molar-refractivity contribution in [2.75, 3.05) is 19.6 Å². The Morgan fingerprint density at radius 1 is 1.17 bits per heavy atom. The van der Waals surface area contributed by atoms with E-state index in [4.69, 9.17) is 0 Å². The Labute approximate surface area is 143 Å². The van der Waals surface area contributed by atoms with Crippen molar-refractivity contribution in [2.24, 2.45) is 17.8 Å². The van der Waals surface area contributed by atoms with Crippen molar-refractivity contribution < 1.29 is 9.18 Å². The minimum atomic E-state index is -0.671. The van der Waals surface area contributed by atoms with Gasteiger partial charge in [-0.3, -0.25) is 0 Å². The summed E-state index contributed by atoms with van der Waals surface area (Å²) in [5, 5.41) is 3.06. The van der Waals surface area contributed by atoms with Crippen LogP contribution < -0.4 is 5.32 Å². The number of hydrogen-bond donors (Lipinski definition) is 1. The molecule has 1 saturated heterocycles. The van der Waals surface area contributed by atoms with Gasteiger partial charge in [-0.05, 0) is 54.9 Å². The third-order valence-electron chi connectivity index (χ3n) is 6.34. The molecular formula is C20H27FN2O. The molecule has 1 heterocycles. The second-order valence-corrected chi connectivity index (χ2v) is 7.90. The maximum Gasteiger partial charge on any atom is 0.317 e. The Balaban J connectivity index is 1.27. The van der Waals surface area contributed by atoms with Gasteiger partial charge in [-0.25, -0.2) is 9.18 Å². The van der Waals surface area contributed by atoms with Gasteiger partial charge in [0.1, 0.15) is 6.17 Å². The van der Waals surface area contributed by atoms with Crippen LogP contribution in [0.4, 0.5) is 9.18 Å². The van der Waals surface area contributed by atoms with Crippen LogP contribution in [0.5, 0.6) is 0 Å². The minimum Gasteiger partial charge on any atom is -0.338 e. The largest absolute Gasteiger partial charge is 0.338 e. The third-order valence-corrected chi connectivity index (χ3v) is 6.34. The van der Waals surface area contributed by atoms with E-state index >= 15 is 0 Å². The molecule has 1 aliphatic heterocycles. The standard InChI is InChI=1S/C20H27FN2O/c21-17-8-4-5-14(9-17)11-22-20(24)23-12-16-10-18(19(16)13-23)15-6-2-1-3-7-15/h1-3,6-7,14,16-19H,4-5,8-13H2,(H,22,24)/t14?,16-,17?,18-,19+/m0/s1. The van der Waals surface area contributed by atoms with E-state index in [9.17, 15) is 9.18 Å². The van der Waals surface area contributed by atoms with Crippen LogP contribution in [0.25, 0.3) is 0 Å². The molecule has 5 atom stereocenters. The first kappa shape index (κ1) is 15.9. The molecule has 3 aliphatic rings. The Bertz CT molecular complexity index is 578. The van der Waals surface area contributed by atoms with Gasteiger partial charge in [0, 0.05) is 19.6 Å². The lowest BCUT2D eigenvalue weighted by Crippen LogP contribution is -2.41. The monoisotopic (exact) mass is 330 g/mol. The molecule has 0 aromatic heterocycles. The minimum absolute atomic E-state index is 0.0530. The molecule has 4 rings (SSSR count). The summed E-state index contributed by atoms with van der Waals surface area (Å²) >= 11 is 0. The number of carbonyl (C=O) groups is 1. The van der Waals surface area contributed by atoms with E-state index in [2.05, 4.69) is 35.6 Å². The fraction of sp³-hybridized carbons (Fsp3) is 0.650. The summed E-state index contributed by atoms with van der Waals surface area (Å²) in [6.07, 6.45) is 3.83. The van der Waals surface area contributed by atoms with Crippen molar-refractivity contribution in [1.82, 2.24) is 10.2 Å². The molecule has 4 heteroatoms. The van der Waals surface area contributed by atoms with Crippen LogP contribution >= 0.6 is 0 Å². The van der Waals surface area contributed by atoms with Crippen molar-refractivity contribution in [3.63, 3.8) is 0 Å². The molecule has 2 aliphatic carbocycles. The van der Waals surface area contributed by atoms with Crippen LogP contribution in [0.1, 0.15) is 43.6 Å². The van der Waals surface area contributed by atoms with Crippen LogP contribution in [0.2, 0.25) is 0 Å². The lowest BCUT2D eigenvalue weighted by Gasteiger charge is -2.39.